The molecule has 3 fully saturated rings. The number of aliphatic hydroxyl groups is 2. The number of carbonyl (C=O) groups is 2. The SMILES string of the molecule is C[C@H]1CC2C3CCC4=CC(=O)C=C[C@]4(C)[C@@]3(F)[C@@H](O)C[C@]2(C)[C@@]1(O)C(=O)COP(=O)(O)O.[Na+].[Na+]. The van der Waals surface area contributed by atoms with Crippen LogP contribution in [0.4, 0.5) is 4.39 Å². The van der Waals surface area contributed by atoms with Crippen molar-refractivity contribution in [2.75, 3.05) is 6.61 Å². The first-order valence-corrected chi connectivity index (χ1v) is 12.4. The van der Waals surface area contributed by atoms with Gasteiger partial charge < -0.3 is 20.0 Å². The maximum Gasteiger partial charge on any atom is 1.00 e. The Labute approximate surface area is 242 Å². The molecule has 0 aliphatic heterocycles. The number of carbonyl (C=O) groups excluding carboxylic acids is 2. The number of hydrogen-bond acceptors (Lipinski definition) is 6. The van der Waals surface area contributed by atoms with Gasteiger partial charge >= 0.3 is 66.9 Å². The number of ketones is 2. The molecule has 0 aromatic heterocycles. The Morgan fingerprint density at radius 3 is 2.47 bits per heavy atom. The number of rotatable bonds is 4. The molecular weight excluding hydrogens is 488 g/mol. The van der Waals surface area contributed by atoms with E-state index in [-0.39, 0.29) is 71.3 Å². The number of fused-ring (bicyclic) bond motifs is 5. The predicted octanol–water partition coefficient (Wildman–Crippen LogP) is -3.98. The van der Waals surface area contributed by atoms with E-state index in [1.165, 1.54) is 18.2 Å². The van der Waals surface area contributed by atoms with E-state index in [4.69, 9.17) is 9.79 Å². The first kappa shape index (κ1) is 31.0. The number of hydrogen-bond donors (Lipinski definition) is 4. The van der Waals surface area contributed by atoms with Crippen molar-refractivity contribution in [3.63, 3.8) is 0 Å². The van der Waals surface area contributed by atoms with Crippen molar-refractivity contribution >= 4 is 19.4 Å². The van der Waals surface area contributed by atoms with Gasteiger partial charge in [0.15, 0.2) is 17.2 Å². The Morgan fingerprint density at radius 1 is 1.26 bits per heavy atom. The van der Waals surface area contributed by atoms with Gasteiger partial charge in [-0.05, 0) is 56.6 Å². The van der Waals surface area contributed by atoms with Crippen LogP contribution >= 0.6 is 7.82 Å². The van der Waals surface area contributed by atoms with Crippen LogP contribution in [-0.2, 0) is 18.7 Å². The minimum absolute atomic E-state index is 0. The Bertz CT molecular complexity index is 984. The molecule has 4 aliphatic carbocycles. The van der Waals surface area contributed by atoms with Gasteiger partial charge in [-0.1, -0.05) is 25.5 Å². The number of aliphatic hydroxyl groups excluding tert-OH is 1. The number of Topliss-reactive ketones (excluding diaryl/α,β-unsaturated/α-hetero) is 1. The monoisotopic (exact) mass is 518 g/mol. The fourth-order valence-corrected chi connectivity index (χ4v) is 7.68. The summed E-state index contributed by atoms with van der Waals surface area (Å²) in [5, 5.41) is 22.8. The zero-order valence-corrected chi connectivity index (χ0v) is 25.2. The third-order valence-electron chi connectivity index (χ3n) is 9.01. The molecule has 178 valence electrons. The van der Waals surface area contributed by atoms with Crippen LogP contribution in [0.1, 0.15) is 46.5 Å². The Balaban J connectivity index is 0.00000204. The maximum absolute atomic E-state index is 17.0. The number of phosphoric acid groups is 1. The summed E-state index contributed by atoms with van der Waals surface area (Å²) >= 11 is 0. The van der Waals surface area contributed by atoms with E-state index in [1.807, 2.05) is 0 Å². The normalized spacial score (nSPS) is 45.2. The maximum atomic E-state index is 17.0. The minimum Gasteiger partial charge on any atom is -0.390 e. The van der Waals surface area contributed by atoms with Crippen molar-refractivity contribution in [1.82, 2.24) is 0 Å². The topological polar surface area (TPSA) is 141 Å². The van der Waals surface area contributed by atoms with Gasteiger partial charge in [-0.15, -0.1) is 0 Å². The molecule has 0 radical (unpaired) electrons. The van der Waals surface area contributed by atoms with E-state index in [0.717, 1.165) is 0 Å². The summed E-state index contributed by atoms with van der Waals surface area (Å²) in [6.07, 6.45) is 3.70. The Kier molecular flexibility index (Phi) is 8.96. The van der Waals surface area contributed by atoms with Gasteiger partial charge in [0.25, 0.3) is 0 Å². The molecule has 4 N–H and O–H groups in total. The quantitative estimate of drug-likeness (QED) is 0.218. The Morgan fingerprint density at radius 2 is 1.88 bits per heavy atom. The average Bonchev–Trinajstić information content (AvgIpc) is 2.89. The van der Waals surface area contributed by atoms with Gasteiger partial charge in [-0.2, -0.15) is 0 Å². The van der Waals surface area contributed by atoms with Crippen molar-refractivity contribution in [2.45, 2.75) is 63.8 Å². The minimum atomic E-state index is -4.93. The van der Waals surface area contributed by atoms with Crippen LogP contribution in [0.25, 0.3) is 0 Å². The molecule has 34 heavy (non-hydrogen) atoms. The van der Waals surface area contributed by atoms with Crippen molar-refractivity contribution in [3.05, 3.63) is 23.8 Å². The number of phosphoric ester groups is 1. The molecule has 12 heteroatoms. The first-order valence-electron chi connectivity index (χ1n) is 10.9. The summed E-state index contributed by atoms with van der Waals surface area (Å²) in [4.78, 5) is 42.8. The average molecular weight is 518 g/mol. The van der Waals surface area contributed by atoms with Crippen LogP contribution in [0.3, 0.4) is 0 Å². The largest absolute Gasteiger partial charge is 1.00 e. The van der Waals surface area contributed by atoms with Crippen molar-refractivity contribution in [1.29, 1.82) is 0 Å². The van der Waals surface area contributed by atoms with Gasteiger partial charge in [-0.3, -0.25) is 14.1 Å². The molecule has 0 spiro atoms. The standard InChI is InChI=1S/C22H30FO8P.2Na/c1-12-8-16-15-5-4-13-9-14(24)6-7-19(13,2)21(15,23)17(25)10-20(16,3)22(12,27)18(26)11-31-32(28,29)30;;/h6-7,9,12,15-17,25,27H,4-5,8,10-11H2,1-3H3,(H2,28,29,30);;/q;2*+1/t12-,15?,16?,17-,19-,20-,21-,22-;;/m0../s1. The van der Waals surface area contributed by atoms with E-state index in [9.17, 15) is 24.4 Å². The fraction of sp³-hybridized carbons (Fsp3) is 0.727. The summed E-state index contributed by atoms with van der Waals surface area (Å²) in [6, 6.07) is 0. The van der Waals surface area contributed by atoms with Crippen LogP contribution in [0.15, 0.2) is 23.8 Å². The van der Waals surface area contributed by atoms with Gasteiger partial charge in [0.2, 0.25) is 0 Å². The molecule has 8 atom stereocenters. The van der Waals surface area contributed by atoms with Crippen molar-refractivity contribution < 1.29 is 102 Å². The molecule has 0 saturated heterocycles. The third-order valence-corrected chi connectivity index (χ3v) is 9.48. The smallest absolute Gasteiger partial charge is 0.390 e. The second-order valence-electron chi connectivity index (χ2n) is 10.4. The zero-order chi connectivity index (χ0) is 23.9. The van der Waals surface area contributed by atoms with Gasteiger partial charge in [-0.25, -0.2) is 8.96 Å². The Hall–Kier alpha value is 0.780. The van der Waals surface area contributed by atoms with Gasteiger partial charge in [0.1, 0.15) is 12.2 Å². The third kappa shape index (κ3) is 4.20. The van der Waals surface area contributed by atoms with Crippen molar-refractivity contribution in [3.8, 4) is 0 Å². The van der Waals surface area contributed by atoms with Gasteiger partial charge in [0.05, 0.1) is 6.10 Å². The summed E-state index contributed by atoms with van der Waals surface area (Å²) in [5.41, 5.74) is -5.88. The van der Waals surface area contributed by atoms with Crippen molar-refractivity contribution in [2.24, 2.45) is 28.6 Å². The van der Waals surface area contributed by atoms with Crippen LogP contribution in [0, 0.1) is 28.6 Å². The molecule has 0 bridgehead atoms. The molecule has 2 unspecified atom stereocenters. The van der Waals surface area contributed by atoms with Crippen LogP contribution in [0.5, 0.6) is 0 Å². The zero-order valence-electron chi connectivity index (χ0n) is 20.3. The van der Waals surface area contributed by atoms with Crippen LogP contribution in [-0.4, -0.2) is 55.5 Å². The molecule has 8 nitrogen and oxygen atoms in total. The van der Waals surface area contributed by atoms with Crippen LogP contribution in [0.2, 0.25) is 0 Å². The molecular formula is C22H30FNa2O8P+2. The molecule has 0 amide bonds. The molecule has 0 heterocycles. The second-order valence-corrected chi connectivity index (χ2v) is 11.6. The number of halogens is 1. The summed E-state index contributed by atoms with van der Waals surface area (Å²) in [6.45, 7) is 4.00. The molecule has 3 saturated carbocycles. The van der Waals surface area contributed by atoms with Crippen LogP contribution < -0.4 is 59.1 Å². The van der Waals surface area contributed by atoms with E-state index >= 15 is 4.39 Å². The van der Waals surface area contributed by atoms with E-state index < -0.39 is 66.2 Å². The summed E-state index contributed by atoms with van der Waals surface area (Å²) < 4.78 is 32.5. The van der Waals surface area contributed by atoms with Gasteiger partial charge in [0, 0.05) is 16.7 Å². The van der Waals surface area contributed by atoms with E-state index in [0.29, 0.717) is 24.8 Å². The predicted molar refractivity (Wildman–Crippen MR) is 111 cm³/mol. The van der Waals surface area contributed by atoms with E-state index in [1.54, 1.807) is 20.8 Å². The molecule has 0 aromatic carbocycles. The molecule has 4 rings (SSSR count). The number of alkyl halides is 1. The fourth-order valence-electron chi connectivity index (χ4n) is 7.39. The van der Waals surface area contributed by atoms with E-state index in [2.05, 4.69) is 4.52 Å². The second kappa shape index (κ2) is 9.83. The first-order chi connectivity index (χ1) is 14.6. The number of allylic oxidation sites excluding steroid dienone is 4. The molecule has 4 aliphatic rings. The summed E-state index contributed by atoms with van der Waals surface area (Å²) in [5.74, 6) is -2.87. The molecule has 0 aromatic rings. The summed E-state index contributed by atoms with van der Waals surface area (Å²) in [7, 11) is -4.93.